The van der Waals surface area contributed by atoms with Crippen molar-refractivity contribution in [3.05, 3.63) is 59.7 Å². The van der Waals surface area contributed by atoms with Gasteiger partial charge in [0, 0.05) is 5.69 Å². The summed E-state index contributed by atoms with van der Waals surface area (Å²) in [4.78, 5) is 12.2. The highest BCUT2D eigenvalue weighted by Crippen LogP contribution is 2.18. The number of hydrogen-bond acceptors (Lipinski definition) is 3. The van der Waals surface area contributed by atoms with E-state index < -0.39 is 6.04 Å². The molecule has 4 nitrogen and oxygen atoms in total. The van der Waals surface area contributed by atoms with E-state index in [0.717, 1.165) is 23.3 Å². The molecule has 0 aromatic heterocycles. The summed E-state index contributed by atoms with van der Waals surface area (Å²) in [7, 11) is 0. The van der Waals surface area contributed by atoms with Crippen LogP contribution in [0.15, 0.2) is 48.5 Å². The van der Waals surface area contributed by atoms with Crippen LogP contribution in [0.1, 0.15) is 30.5 Å². The van der Waals surface area contributed by atoms with Crippen LogP contribution in [0.3, 0.4) is 0 Å². The third-order valence-corrected chi connectivity index (χ3v) is 3.31. The Morgan fingerprint density at radius 1 is 1.13 bits per heavy atom. The van der Waals surface area contributed by atoms with Crippen molar-refractivity contribution in [2.75, 3.05) is 11.9 Å². The van der Waals surface area contributed by atoms with Gasteiger partial charge >= 0.3 is 0 Å². The first-order valence-electron chi connectivity index (χ1n) is 7.46. The van der Waals surface area contributed by atoms with Gasteiger partial charge in [-0.3, -0.25) is 4.79 Å². The third-order valence-electron chi connectivity index (χ3n) is 3.31. The van der Waals surface area contributed by atoms with Crippen molar-refractivity contribution in [1.29, 1.82) is 0 Å². The molecule has 0 aliphatic rings. The van der Waals surface area contributed by atoms with Gasteiger partial charge in [0.15, 0.2) is 0 Å². The number of aryl methyl sites for hydroxylation is 1. The zero-order valence-corrected chi connectivity index (χ0v) is 14.2. The molecule has 0 aliphatic carbocycles. The van der Waals surface area contributed by atoms with Crippen LogP contribution in [0.4, 0.5) is 5.69 Å². The molecule has 23 heavy (non-hydrogen) atoms. The second-order valence-electron chi connectivity index (χ2n) is 5.25. The molecule has 5 heteroatoms. The molecule has 0 fully saturated rings. The monoisotopic (exact) mass is 334 g/mol. The molecule has 124 valence electrons. The summed E-state index contributed by atoms with van der Waals surface area (Å²) in [5, 5.41) is 2.82. The lowest BCUT2D eigenvalue weighted by molar-refractivity contribution is -0.117. The third kappa shape index (κ3) is 5.58. The van der Waals surface area contributed by atoms with Gasteiger partial charge in [0.25, 0.3) is 0 Å². The van der Waals surface area contributed by atoms with Crippen LogP contribution in [0.25, 0.3) is 0 Å². The summed E-state index contributed by atoms with van der Waals surface area (Å²) in [5.41, 5.74) is 8.64. The SMILES string of the molecule is CCCOc1ccc(NC(=O)C(N)c2ccc(C)cc2)cc1.Cl. The number of hydrogen-bond donors (Lipinski definition) is 2. The Balaban J connectivity index is 0.00000264. The van der Waals surface area contributed by atoms with Crippen LogP contribution in [-0.2, 0) is 4.79 Å². The van der Waals surface area contributed by atoms with E-state index in [1.54, 1.807) is 0 Å². The van der Waals surface area contributed by atoms with Gasteiger partial charge in [-0.1, -0.05) is 36.8 Å². The summed E-state index contributed by atoms with van der Waals surface area (Å²) in [6.07, 6.45) is 0.962. The lowest BCUT2D eigenvalue weighted by Crippen LogP contribution is -2.27. The normalized spacial score (nSPS) is 11.3. The standard InChI is InChI=1S/C18H22N2O2.ClH/c1-3-12-22-16-10-8-15(9-11-16)20-18(21)17(19)14-6-4-13(2)5-7-14;/h4-11,17H,3,12,19H2,1-2H3,(H,20,21);1H. The van der Waals surface area contributed by atoms with Crippen molar-refractivity contribution in [3.8, 4) is 5.75 Å². The van der Waals surface area contributed by atoms with E-state index in [-0.39, 0.29) is 18.3 Å². The minimum Gasteiger partial charge on any atom is -0.494 e. The maximum absolute atomic E-state index is 12.2. The van der Waals surface area contributed by atoms with Gasteiger partial charge in [-0.25, -0.2) is 0 Å². The molecule has 0 aliphatic heterocycles. The Labute approximate surface area is 143 Å². The van der Waals surface area contributed by atoms with Crippen molar-refractivity contribution >= 4 is 24.0 Å². The lowest BCUT2D eigenvalue weighted by Gasteiger charge is -2.13. The van der Waals surface area contributed by atoms with E-state index in [1.165, 1.54) is 0 Å². The number of carbonyl (C=O) groups is 1. The summed E-state index contributed by atoms with van der Waals surface area (Å²) >= 11 is 0. The highest BCUT2D eigenvalue weighted by atomic mass is 35.5. The lowest BCUT2D eigenvalue weighted by atomic mass is 10.1. The summed E-state index contributed by atoms with van der Waals surface area (Å²) in [5.74, 6) is 0.564. The van der Waals surface area contributed by atoms with Crippen LogP contribution < -0.4 is 15.8 Å². The van der Waals surface area contributed by atoms with E-state index in [4.69, 9.17) is 10.5 Å². The Morgan fingerprint density at radius 2 is 1.74 bits per heavy atom. The first kappa shape index (κ1) is 19.0. The molecule has 2 aromatic carbocycles. The average Bonchev–Trinajstić information content (AvgIpc) is 2.54. The van der Waals surface area contributed by atoms with E-state index in [2.05, 4.69) is 12.2 Å². The van der Waals surface area contributed by atoms with E-state index >= 15 is 0 Å². The number of halogens is 1. The molecule has 0 saturated carbocycles. The molecular formula is C18H23ClN2O2. The number of anilines is 1. The molecule has 0 saturated heterocycles. The van der Waals surface area contributed by atoms with Gasteiger partial charge in [0.2, 0.25) is 5.91 Å². The molecule has 1 atom stereocenters. The van der Waals surface area contributed by atoms with Crippen molar-refractivity contribution in [1.82, 2.24) is 0 Å². The molecular weight excluding hydrogens is 312 g/mol. The zero-order valence-electron chi connectivity index (χ0n) is 13.4. The molecule has 0 bridgehead atoms. The van der Waals surface area contributed by atoms with Gasteiger partial charge in [-0.05, 0) is 43.2 Å². The number of rotatable bonds is 6. The highest BCUT2D eigenvalue weighted by molar-refractivity contribution is 5.95. The number of carbonyl (C=O) groups excluding carboxylic acids is 1. The Morgan fingerprint density at radius 3 is 2.30 bits per heavy atom. The largest absolute Gasteiger partial charge is 0.494 e. The van der Waals surface area contributed by atoms with Crippen molar-refractivity contribution in [3.63, 3.8) is 0 Å². The summed E-state index contributed by atoms with van der Waals surface area (Å²) in [6, 6.07) is 14.3. The second kappa shape index (κ2) is 9.18. The molecule has 1 amide bonds. The van der Waals surface area contributed by atoms with Gasteiger partial charge in [0.1, 0.15) is 11.8 Å². The first-order chi connectivity index (χ1) is 10.6. The number of benzene rings is 2. The molecule has 1 unspecified atom stereocenters. The molecule has 2 aromatic rings. The van der Waals surface area contributed by atoms with Crippen LogP contribution in [0, 0.1) is 6.92 Å². The average molecular weight is 335 g/mol. The number of nitrogens with one attached hydrogen (secondary N) is 1. The van der Waals surface area contributed by atoms with Crippen molar-refractivity contribution < 1.29 is 9.53 Å². The van der Waals surface area contributed by atoms with Crippen LogP contribution in [0.5, 0.6) is 5.75 Å². The van der Waals surface area contributed by atoms with Crippen molar-refractivity contribution in [2.24, 2.45) is 5.73 Å². The topological polar surface area (TPSA) is 64.3 Å². The fourth-order valence-electron chi connectivity index (χ4n) is 2.00. The first-order valence-corrected chi connectivity index (χ1v) is 7.46. The van der Waals surface area contributed by atoms with Crippen molar-refractivity contribution in [2.45, 2.75) is 26.3 Å². The fourth-order valence-corrected chi connectivity index (χ4v) is 2.00. The van der Waals surface area contributed by atoms with Gasteiger partial charge in [-0.2, -0.15) is 0 Å². The molecule has 2 rings (SSSR count). The van der Waals surface area contributed by atoms with Gasteiger partial charge in [0.05, 0.1) is 6.61 Å². The molecule has 0 radical (unpaired) electrons. The molecule has 3 N–H and O–H groups in total. The van der Waals surface area contributed by atoms with Gasteiger partial charge in [-0.15, -0.1) is 12.4 Å². The maximum Gasteiger partial charge on any atom is 0.245 e. The number of amides is 1. The summed E-state index contributed by atoms with van der Waals surface area (Å²) < 4.78 is 5.51. The Kier molecular flexibility index (Phi) is 7.59. The number of nitrogens with two attached hydrogens (primary N) is 1. The molecule has 0 spiro atoms. The Bertz CT molecular complexity index is 612. The highest BCUT2D eigenvalue weighted by Gasteiger charge is 2.15. The van der Waals surface area contributed by atoms with Crippen LogP contribution in [-0.4, -0.2) is 12.5 Å². The second-order valence-corrected chi connectivity index (χ2v) is 5.25. The fraction of sp³-hybridized carbons (Fsp3) is 0.278. The van der Waals surface area contributed by atoms with E-state index in [9.17, 15) is 4.79 Å². The summed E-state index contributed by atoms with van der Waals surface area (Å²) in [6.45, 7) is 4.74. The maximum atomic E-state index is 12.2. The van der Waals surface area contributed by atoms with Gasteiger partial charge < -0.3 is 15.8 Å². The predicted octanol–water partition coefficient (Wildman–Crippen LogP) is 3.84. The van der Waals surface area contributed by atoms with E-state index in [0.29, 0.717) is 12.3 Å². The molecule has 0 heterocycles. The van der Waals surface area contributed by atoms with Crippen LogP contribution in [0.2, 0.25) is 0 Å². The smallest absolute Gasteiger partial charge is 0.245 e. The zero-order chi connectivity index (χ0) is 15.9. The minimum atomic E-state index is -0.684. The van der Waals surface area contributed by atoms with Crippen LogP contribution >= 0.6 is 12.4 Å². The van der Waals surface area contributed by atoms with E-state index in [1.807, 2.05) is 55.5 Å². The predicted molar refractivity (Wildman–Crippen MR) is 96.2 cm³/mol. The minimum absolute atomic E-state index is 0. The quantitative estimate of drug-likeness (QED) is 0.843. The Hall–Kier alpha value is -2.04. The number of ether oxygens (including phenoxy) is 1.